The molecule has 3 amide bonds. The van der Waals surface area contributed by atoms with Gasteiger partial charge in [0.2, 0.25) is 5.91 Å². The van der Waals surface area contributed by atoms with Gasteiger partial charge in [-0.3, -0.25) is 19.3 Å². The molecular weight excluding hydrogens is 414 g/mol. The number of benzene rings is 2. The summed E-state index contributed by atoms with van der Waals surface area (Å²) in [5.41, 5.74) is 2.75. The molecular formula is C23H19N3O4S. The zero-order valence-corrected chi connectivity index (χ0v) is 17.7. The van der Waals surface area contributed by atoms with Gasteiger partial charge < -0.3 is 10.1 Å². The second kappa shape index (κ2) is 8.53. The van der Waals surface area contributed by atoms with E-state index >= 15 is 0 Å². The van der Waals surface area contributed by atoms with Crippen molar-refractivity contribution in [3.63, 3.8) is 0 Å². The maximum absolute atomic E-state index is 12.3. The molecule has 0 radical (unpaired) electrons. The Labute approximate surface area is 183 Å². The first kappa shape index (κ1) is 20.5. The van der Waals surface area contributed by atoms with Crippen molar-refractivity contribution >= 4 is 40.8 Å². The zero-order valence-electron chi connectivity index (χ0n) is 16.9. The number of aromatic nitrogens is 1. The minimum Gasteiger partial charge on any atom is -0.487 e. The molecule has 0 bridgehead atoms. The Hall–Kier alpha value is -3.78. The van der Waals surface area contributed by atoms with E-state index in [4.69, 9.17) is 4.74 Å². The predicted octanol–water partition coefficient (Wildman–Crippen LogP) is 3.91. The highest BCUT2D eigenvalue weighted by Crippen LogP contribution is 2.25. The monoisotopic (exact) mass is 433 g/mol. The number of ether oxygens (including phenoxy) is 1. The molecule has 0 unspecified atom stereocenters. The number of carbonyl (C=O) groups excluding carboxylic acids is 3. The number of nitrogens with one attached hydrogen (secondary N) is 1. The first-order valence-electron chi connectivity index (χ1n) is 9.50. The van der Waals surface area contributed by atoms with Gasteiger partial charge in [-0.15, -0.1) is 11.3 Å². The quantitative estimate of drug-likeness (QED) is 0.470. The van der Waals surface area contributed by atoms with Crippen molar-refractivity contribution in [1.29, 1.82) is 0 Å². The first-order valence-corrected chi connectivity index (χ1v) is 10.4. The van der Waals surface area contributed by atoms with E-state index in [1.807, 2.05) is 36.6 Å². The van der Waals surface area contributed by atoms with E-state index in [-0.39, 0.29) is 23.3 Å². The Morgan fingerprint density at radius 2 is 1.97 bits per heavy atom. The Morgan fingerprint density at radius 1 is 1.16 bits per heavy atom. The fraction of sp³-hybridized carbons (Fsp3) is 0.130. The van der Waals surface area contributed by atoms with Crippen LogP contribution in [0.2, 0.25) is 0 Å². The molecule has 1 aromatic heterocycles. The van der Waals surface area contributed by atoms with Gasteiger partial charge in [-0.1, -0.05) is 12.1 Å². The number of imide groups is 1. The van der Waals surface area contributed by atoms with Gasteiger partial charge in [0.1, 0.15) is 12.4 Å². The van der Waals surface area contributed by atoms with Crippen molar-refractivity contribution < 1.29 is 19.1 Å². The lowest BCUT2D eigenvalue weighted by Crippen LogP contribution is -2.24. The molecule has 1 N–H and O–H groups in total. The van der Waals surface area contributed by atoms with Crippen LogP contribution >= 0.6 is 11.3 Å². The number of hydrogen-bond acceptors (Lipinski definition) is 6. The summed E-state index contributed by atoms with van der Waals surface area (Å²) in [6, 6.07) is 12.0. The third-order valence-corrected chi connectivity index (χ3v) is 5.52. The summed E-state index contributed by atoms with van der Waals surface area (Å²) in [6.07, 6.45) is 3.07. The van der Waals surface area contributed by atoms with Crippen LogP contribution in [0.25, 0.3) is 6.08 Å². The highest BCUT2D eigenvalue weighted by Gasteiger charge is 2.32. The Morgan fingerprint density at radius 3 is 2.74 bits per heavy atom. The molecule has 4 rings (SSSR count). The van der Waals surface area contributed by atoms with Crippen molar-refractivity contribution in [2.75, 3.05) is 12.4 Å². The second-order valence-corrected chi connectivity index (χ2v) is 8.03. The van der Waals surface area contributed by atoms with Crippen LogP contribution < -0.4 is 10.1 Å². The van der Waals surface area contributed by atoms with Crippen molar-refractivity contribution in [3.05, 3.63) is 81.3 Å². The van der Waals surface area contributed by atoms with Gasteiger partial charge in [-0.2, -0.15) is 0 Å². The molecule has 0 spiro atoms. The van der Waals surface area contributed by atoms with E-state index in [9.17, 15) is 14.4 Å². The van der Waals surface area contributed by atoms with Crippen LogP contribution in [-0.4, -0.2) is 34.7 Å². The predicted molar refractivity (Wildman–Crippen MR) is 118 cm³/mol. The first-order chi connectivity index (χ1) is 14.9. The van der Waals surface area contributed by atoms with E-state index in [1.165, 1.54) is 19.2 Å². The highest BCUT2D eigenvalue weighted by atomic mass is 32.1. The summed E-state index contributed by atoms with van der Waals surface area (Å²) in [4.78, 5) is 41.8. The molecule has 31 heavy (non-hydrogen) atoms. The summed E-state index contributed by atoms with van der Waals surface area (Å²) in [7, 11) is 1.43. The minimum absolute atomic E-state index is 0.287. The van der Waals surface area contributed by atoms with Crippen LogP contribution in [0.3, 0.4) is 0 Å². The molecule has 3 aromatic rings. The van der Waals surface area contributed by atoms with Gasteiger partial charge in [0.05, 0.1) is 21.8 Å². The molecule has 1 aliphatic heterocycles. The van der Waals surface area contributed by atoms with Gasteiger partial charge >= 0.3 is 0 Å². The number of hydrogen-bond donors (Lipinski definition) is 1. The largest absolute Gasteiger partial charge is 0.487 e. The highest BCUT2D eigenvalue weighted by molar-refractivity contribution is 7.09. The van der Waals surface area contributed by atoms with Crippen molar-refractivity contribution in [3.8, 4) is 5.75 Å². The molecule has 0 fully saturated rings. The summed E-state index contributed by atoms with van der Waals surface area (Å²) in [5.74, 6) is -0.394. The van der Waals surface area contributed by atoms with E-state index < -0.39 is 0 Å². The molecule has 8 heteroatoms. The van der Waals surface area contributed by atoms with Gasteiger partial charge in [-0.25, -0.2) is 4.98 Å². The molecule has 0 atom stereocenters. The third-order valence-electron chi connectivity index (χ3n) is 4.70. The normalized spacial score (nSPS) is 13.0. The number of amides is 3. The van der Waals surface area contributed by atoms with Crippen LogP contribution in [0.4, 0.5) is 5.69 Å². The molecule has 0 aliphatic carbocycles. The zero-order chi connectivity index (χ0) is 22.0. The van der Waals surface area contributed by atoms with E-state index in [2.05, 4.69) is 10.3 Å². The number of carbonyl (C=O) groups is 3. The molecule has 2 aromatic carbocycles. The molecule has 0 saturated carbocycles. The van der Waals surface area contributed by atoms with E-state index in [1.54, 1.807) is 29.5 Å². The van der Waals surface area contributed by atoms with Crippen molar-refractivity contribution in [2.24, 2.45) is 0 Å². The van der Waals surface area contributed by atoms with Gasteiger partial charge in [-0.05, 0) is 48.9 Å². The smallest absolute Gasteiger partial charge is 0.261 e. The SMILES string of the molecule is Cc1nc(COc2cccc(C=CC(=O)Nc3ccc4c(c3)C(=O)N(C)C4=O)c2)cs1. The standard InChI is InChI=1S/C23H19N3O4S/c1-14-24-17(13-31-14)12-30-18-5-3-4-15(10-18)6-9-21(27)25-16-7-8-19-20(11-16)23(29)26(2)22(19)28/h3-11,13H,12H2,1-2H3,(H,25,27). The number of fused-ring (bicyclic) bond motifs is 1. The lowest BCUT2D eigenvalue weighted by atomic mass is 10.1. The second-order valence-electron chi connectivity index (χ2n) is 6.97. The number of anilines is 1. The third kappa shape index (κ3) is 4.54. The number of aryl methyl sites for hydroxylation is 1. The Kier molecular flexibility index (Phi) is 5.64. The minimum atomic E-state index is -0.378. The fourth-order valence-corrected chi connectivity index (χ4v) is 3.73. The maximum atomic E-state index is 12.3. The summed E-state index contributed by atoms with van der Waals surface area (Å²) < 4.78 is 5.76. The topological polar surface area (TPSA) is 88.6 Å². The molecule has 7 nitrogen and oxygen atoms in total. The summed E-state index contributed by atoms with van der Waals surface area (Å²) in [6.45, 7) is 2.33. The summed E-state index contributed by atoms with van der Waals surface area (Å²) >= 11 is 1.58. The van der Waals surface area contributed by atoms with Crippen LogP contribution in [-0.2, 0) is 11.4 Å². The Bertz CT molecular complexity index is 1220. The molecule has 1 aliphatic rings. The lowest BCUT2D eigenvalue weighted by molar-refractivity contribution is -0.111. The maximum Gasteiger partial charge on any atom is 0.261 e. The van der Waals surface area contributed by atoms with Crippen LogP contribution in [0.1, 0.15) is 37.0 Å². The molecule has 0 saturated heterocycles. The van der Waals surface area contributed by atoms with Gasteiger partial charge in [0.25, 0.3) is 11.8 Å². The van der Waals surface area contributed by atoms with E-state index in [0.717, 1.165) is 21.2 Å². The average molecular weight is 433 g/mol. The number of nitrogens with zero attached hydrogens (tertiary/aromatic N) is 2. The van der Waals surface area contributed by atoms with Crippen molar-refractivity contribution in [2.45, 2.75) is 13.5 Å². The lowest BCUT2D eigenvalue weighted by Gasteiger charge is -2.05. The number of thiazole rings is 1. The van der Waals surface area contributed by atoms with E-state index in [0.29, 0.717) is 23.6 Å². The van der Waals surface area contributed by atoms with Gasteiger partial charge in [0.15, 0.2) is 0 Å². The molecule has 2 heterocycles. The molecule has 156 valence electrons. The fourth-order valence-electron chi connectivity index (χ4n) is 3.13. The Balaban J connectivity index is 1.38. The van der Waals surface area contributed by atoms with Crippen LogP contribution in [0.15, 0.2) is 53.9 Å². The van der Waals surface area contributed by atoms with Gasteiger partial charge in [0, 0.05) is 24.2 Å². The summed E-state index contributed by atoms with van der Waals surface area (Å²) in [5, 5.41) is 5.66. The van der Waals surface area contributed by atoms with Crippen LogP contribution in [0, 0.1) is 6.92 Å². The van der Waals surface area contributed by atoms with Crippen molar-refractivity contribution in [1.82, 2.24) is 9.88 Å². The van der Waals surface area contributed by atoms with Crippen LogP contribution in [0.5, 0.6) is 5.75 Å². The average Bonchev–Trinajstić information content (AvgIpc) is 3.28. The number of rotatable bonds is 6.